The second-order valence-electron chi connectivity index (χ2n) is 11.3. The van der Waals surface area contributed by atoms with Gasteiger partial charge in [0.05, 0.1) is 10.7 Å². The summed E-state index contributed by atoms with van der Waals surface area (Å²) in [5, 5.41) is 11.0. The average Bonchev–Trinajstić information content (AvgIpc) is 3.40. The normalized spacial score (nSPS) is 17.6. The molecule has 41 heavy (non-hydrogen) atoms. The van der Waals surface area contributed by atoms with E-state index in [2.05, 4.69) is 15.6 Å². The molecule has 1 saturated heterocycles. The lowest BCUT2D eigenvalue weighted by Crippen LogP contribution is -2.42. The number of likely N-dealkylation sites (tertiary alicyclic amines) is 1. The van der Waals surface area contributed by atoms with Crippen LogP contribution in [-0.2, 0) is 16.0 Å². The fourth-order valence-corrected chi connectivity index (χ4v) is 5.57. The van der Waals surface area contributed by atoms with Crippen LogP contribution in [0.25, 0.3) is 5.70 Å². The molecule has 2 aliphatic rings. The number of hydrogen-bond donors (Lipinski definition) is 2. The first-order valence-electron chi connectivity index (χ1n) is 13.5. The van der Waals surface area contributed by atoms with E-state index in [-0.39, 0.29) is 12.0 Å². The minimum atomic E-state index is -0.916. The van der Waals surface area contributed by atoms with Gasteiger partial charge < -0.3 is 15.4 Å². The number of piperidine rings is 1. The van der Waals surface area contributed by atoms with Crippen LogP contribution in [0.4, 0.5) is 10.5 Å². The van der Waals surface area contributed by atoms with Crippen molar-refractivity contribution in [2.24, 2.45) is 5.73 Å². The summed E-state index contributed by atoms with van der Waals surface area (Å²) in [6, 6.07) is 12.5. The maximum atomic E-state index is 12.6. The van der Waals surface area contributed by atoms with E-state index in [1.165, 1.54) is 0 Å². The minimum absolute atomic E-state index is 0.259. The molecule has 12 heteroatoms. The summed E-state index contributed by atoms with van der Waals surface area (Å²) < 4.78 is 7.27. The number of anilines is 1. The maximum absolute atomic E-state index is 12.6. The number of carbonyl (C=O) groups excluding carboxylic acids is 2. The number of halogens is 2. The number of fused-ring (bicyclic) bond motifs is 1. The van der Waals surface area contributed by atoms with Crippen LogP contribution in [0.2, 0.25) is 10.0 Å². The Morgan fingerprint density at radius 3 is 2.49 bits per heavy atom. The molecule has 1 atom stereocenters. The zero-order valence-electron chi connectivity index (χ0n) is 23.2. The van der Waals surface area contributed by atoms with E-state index in [1.807, 2.05) is 63.2 Å². The molecule has 2 aliphatic heterocycles. The summed E-state index contributed by atoms with van der Waals surface area (Å²) >= 11 is 13.2. The van der Waals surface area contributed by atoms with Crippen LogP contribution in [-0.4, -0.2) is 55.4 Å². The summed E-state index contributed by atoms with van der Waals surface area (Å²) in [5.41, 5.74) is 12.0. The number of carbonyl (C=O) groups is 2. The van der Waals surface area contributed by atoms with Crippen molar-refractivity contribution in [3.63, 3.8) is 0 Å². The molecular weight excluding hydrogens is 565 g/mol. The highest BCUT2D eigenvalue weighted by Crippen LogP contribution is 2.36. The molecule has 1 fully saturated rings. The van der Waals surface area contributed by atoms with Crippen LogP contribution in [0.1, 0.15) is 62.5 Å². The molecule has 2 aromatic carbocycles. The third kappa shape index (κ3) is 6.44. The number of primary amides is 1. The molecule has 1 unspecified atom stereocenters. The zero-order chi connectivity index (χ0) is 29.3. The third-order valence-electron chi connectivity index (χ3n) is 7.15. The largest absolute Gasteiger partial charge is 0.444 e. The highest BCUT2D eigenvalue weighted by atomic mass is 35.5. The van der Waals surface area contributed by atoms with Crippen LogP contribution in [0.15, 0.2) is 55.0 Å². The van der Waals surface area contributed by atoms with Gasteiger partial charge in [0, 0.05) is 36.4 Å². The number of aromatic nitrogens is 3. The van der Waals surface area contributed by atoms with Crippen molar-refractivity contribution < 1.29 is 14.3 Å². The molecule has 2 amide bonds. The summed E-state index contributed by atoms with van der Waals surface area (Å²) in [6.07, 6.45) is 5.16. The average molecular weight is 599 g/mol. The monoisotopic (exact) mass is 597 g/mol. The fraction of sp³-hybridized carbons (Fsp3) is 0.379. The Morgan fingerprint density at radius 2 is 1.83 bits per heavy atom. The molecule has 0 saturated carbocycles. The molecule has 3 heterocycles. The number of hydrogen-bond acceptors (Lipinski definition) is 7. The van der Waals surface area contributed by atoms with Crippen molar-refractivity contribution in [2.75, 3.05) is 18.5 Å². The maximum Gasteiger partial charge on any atom is 0.410 e. The van der Waals surface area contributed by atoms with E-state index < -0.39 is 17.6 Å². The van der Waals surface area contributed by atoms with Gasteiger partial charge in [0.2, 0.25) is 5.91 Å². The summed E-state index contributed by atoms with van der Waals surface area (Å²) in [6.45, 7) is 6.83. The SMILES string of the molecule is CC(C)(C)OC(=O)N1CCC(c2ccc(NN3C=C(Cc4ccccc4Cl)n4cnnc4C3C(N)=O)c(Cl)c2)CC1. The summed E-state index contributed by atoms with van der Waals surface area (Å²) in [4.78, 5) is 26.8. The Hall–Kier alpha value is -3.76. The number of amides is 2. The van der Waals surface area contributed by atoms with E-state index in [9.17, 15) is 9.59 Å². The smallest absolute Gasteiger partial charge is 0.410 e. The zero-order valence-corrected chi connectivity index (χ0v) is 24.7. The first-order chi connectivity index (χ1) is 19.5. The van der Waals surface area contributed by atoms with Gasteiger partial charge >= 0.3 is 6.09 Å². The molecule has 3 N–H and O–H groups in total. The van der Waals surface area contributed by atoms with Crippen molar-refractivity contribution in [2.45, 2.75) is 57.6 Å². The number of benzene rings is 2. The number of hydrazine groups is 1. The number of ether oxygens (including phenoxy) is 1. The van der Waals surface area contributed by atoms with Gasteiger partial charge in [-0.05, 0) is 68.9 Å². The first kappa shape index (κ1) is 28.8. The number of allylic oxidation sites excluding steroid dienone is 1. The number of nitrogens with zero attached hydrogens (tertiary/aromatic N) is 5. The van der Waals surface area contributed by atoms with Crippen molar-refractivity contribution in [3.8, 4) is 0 Å². The number of nitrogens with one attached hydrogen (secondary N) is 1. The molecular formula is C29H33Cl2N7O3. The molecule has 0 spiro atoms. The minimum Gasteiger partial charge on any atom is -0.444 e. The van der Waals surface area contributed by atoms with Gasteiger partial charge in [-0.25, -0.2) is 4.79 Å². The van der Waals surface area contributed by atoms with Crippen molar-refractivity contribution in [3.05, 3.63) is 82.0 Å². The molecule has 1 aromatic heterocycles. The topological polar surface area (TPSA) is 119 Å². The predicted molar refractivity (Wildman–Crippen MR) is 158 cm³/mol. The van der Waals surface area contributed by atoms with Crippen LogP contribution >= 0.6 is 23.2 Å². The van der Waals surface area contributed by atoms with Gasteiger partial charge in [-0.15, -0.1) is 10.2 Å². The van der Waals surface area contributed by atoms with Crippen LogP contribution in [0, 0.1) is 0 Å². The Balaban J connectivity index is 1.33. The quantitative estimate of drug-likeness (QED) is 0.379. The fourth-order valence-electron chi connectivity index (χ4n) is 5.14. The molecule has 3 aromatic rings. The van der Waals surface area contributed by atoms with Crippen molar-refractivity contribution in [1.29, 1.82) is 0 Å². The molecule has 216 valence electrons. The third-order valence-corrected chi connectivity index (χ3v) is 7.84. The van der Waals surface area contributed by atoms with Crippen molar-refractivity contribution in [1.82, 2.24) is 24.7 Å². The van der Waals surface area contributed by atoms with Gasteiger partial charge in [-0.2, -0.15) is 0 Å². The second kappa shape index (κ2) is 11.6. The molecule has 0 bridgehead atoms. The van der Waals surface area contributed by atoms with Crippen LogP contribution in [0.5, 0.6) is 0 Å². The lowest BCUT2D eigenvalue weighted by Gasteiger charge is -2.35. The molecule has 10 nitrogen and oxygen atoms in total. The van der Waals surface area contributed by atoms with Crippen LogP contribution < -0.4 is 11.2 Å². The van der Waals surface area contributed by atoms with Gasteiger partial charge in [-0.1, -0.05) is 47.5 Å². The van der Waals surface area contributed by atoms with Gasteiger partial charge in [-0.3, -0.25) is 19.8 Å². The Labute approximate surface area is 249 Å². The molecule has 0 aliphatic carbocycles. The Morgan fingerprint density at radius 1 is 1.10 bits per heavy atom. The lowest BCUT2D eigenvalue weighted by atomic mass is 9.89. The molecule has 5 rings (SSSR count). The van der Waals surface area contributed by atoms with Gasteiger partial charge in [0.15, 0.2) is 11.9 Å². The van der Waals surface area contributed by atoms with Gasteiger partial charge in [0.1, 0.15) is 11.9 Å². The number of nitrogens with two attached hydrogens (primary N) is 1. The predicted octanol–water partition coefficient (Wildman–Crippen LogP) is 5.61. The standard InChI is InChI=1S/C29H33Cl2N7O3/c1-29(2,3)41-28(40)36-12-10-18(11-13-36)19-8-9-24(23(31)15-19)35-38-16-21(14-20-6-4-5-7-22(20)30)37-17-33-34-27(37)25(38)26(32)39/h4-9,15-18,25,35H,10-14H2,1-3H3,(H2,32,39). The van der Waals surface area contributed by atoms with E-state index in [0.717, 1.165) is 29.7 Å². The highest BCUT2D eigenvalue weighted by molar-refractivity contribution is 6.33. The molecule has 0 radical (unpaired) electrons. The van der Waals surface area contributed by atoms with E-state index in [0.29, 0.717) is 41.1 Å². The second-order valence-corrected chi connectivity index (χ2v) is 12.1. The first-order valence-corrected chi connectivity index (χ1v) is 14.2. The van der Waals surface area contributed by atoms with E-state index in [4.69, 9.17) is 33.7 Å². The lowest BCUT2D eigenvalue weighted by molar-refractivity contribution is -0.122. The number of rotatable bonds is 6. The van der Waals surface area contributed by atoms with Gasteiger partial charge in [0.25, 0.3) is 0 Å². The van der Waals surface area contributed by atoms with Crippen LogP contribution in [0.3, 0.4) is 0 Å². The summed E-state index contributed by atoms with van der Waals surface area (Å²) in [5.74, 6) is 0.0533. The highest BCUT2D eigenvalue weighted by Gasteiger charge is 2.35. The Bertz CT molecular complexity index is 1480. The summed E-state index contributed by atoms with van der Waals surface area (Å²) in [7, 11) is 0. The Kier molecular flexibility index (Phi) is 8.15. The van der Waals surface area contributed by atoms with E-state index in [1.54, 1.807) is 27.0 Å². The van der Waals surface area contributed by atoms with Crippen molar-refractivity contribution >= 4 is 46.6 Å². The van der Waals surface area contributed by atoms with E-state index >= 15 is 0 Å².